The molecule has 7 nitrogen and oxygen atoms in total. The van der Waals surface area contributed by atoms with Gasteiger partial charge in [-0.3, -0.25) is 4.79 Å². The number of anilines is 1. The van der Waals surface area contributed by atoms with Crippen molar-refractivity contribution in [2.75, 3.05) is 19.5 Å². The molecular weight excluding hydrogens is 516 g/mol. The summed E-state index contributed by atoms with van der Waals surface area (Å²) < 4.78 is 11.1. The van der Waals surface area contributed by atoms with Crippen LogP contribution in [0, 0.1) is 25.2 Å². The van der Waals surface area contributed by atoms with Crippen molar-refractivity contribution in [1.29, 1.82) is 0 Å². The maximum atomic E-state index is 11.0. The SMILES string of the molecule is C=O.CC.CCC(CCC(=O)O)c1noc(C2CC(CC(C)(C)C)C2)c1C1CC1.CNc1ccc(C)c(OC)c1C. The van der Waals surface area contributed by atoms with Gasteiger partial charge in [-0.1, -0.05) is 52.8 Å². The number of aliphatic carboxylic acids is 1. The van der Waals surface area contributed by atoms with Crippen molar-refractivity contribution in [2.24, 2.45) is 11.3 Å². The Labute approximate surface area is 248 Å². The number of hydrogen-bond acceptors (Lipinski definition) is 6. The number of ether oxygens (including phenoxy) is 1. The van der Waals surface area contributed by atoms with E-state index in [-0.39, 0.29) is 12.3 Å². The van der Waals surface area contributed by atoms with Crippen LogP contribution >= 0.6 is 0 Å². The molecule has 2 saturated carbocycles. The number of carbonyl (C=O) groups is 2. The molecule has 7 heteroatoms. The van der Waals surface area contributed by atoms with Gasteiger partial charge in [-0.05, 0) is 87.7 Å². The van der Waals surface area contributed by atoms with E-state index >= 15 is 0 Å². The van der Waals surface area contributed by atoms with Crippen LogP contribution in [0.25, 0.3) is 0 Å². The number of carboxylic acids is 1. The number of benzene rings is 1. The minimum Gasteiger partial charge on any atom is -0.496 e. The Hall–Kier alpha value is -2.83. The molecule has 232 valence electrons. The quantitative estimate of drug-likeness (QED) is 0.293. The van der Waals surface area contributed by atoms with Crippen molar-refractivity contribution in [3.05, 3.63) is 40.3 Å². The number of carbonyl (C=O) groups excluding carboxylic acids is 1. The molecular formula is C34H56N2O5. The van der Waals surface area contributed by atoms with Crippen molar-refractivity contribution in [2.45, 2.75) is 125 Å². The van der Waals surface area contributed by atoms with Crippen molar-refractivity contribution in [1.82, 2.24) is 5.16 Å². The normalized spacial score (nSPS) is 18.2. The Balaban J connectivity index is 0.000000441. The van der Waals surface area contributed by atoms with E-state index in [0.717, 1.165) is 35.2 Å². The lowest BCUT2D eigenvalue weighted by Gasteiger charge is -2.38. The molecule has 1 unspecified atom stereocenters. The fourth-order valence-corrected chi connectivity index (χ4v) is 5.92. The molecule has 2 aliphatic rings. The number of hydrogen-bond donors (Lipinski definition) is 2. The molecule has 0 aliphatic heterocycles. The molecule has 0 amide bonds. The van der Waals surface area contributed by atoms with Gasteiger partial charge in [0, 0.05) is 42.1 Å². The summed E-state index contributed by atoms with van der Waals surface area (Å²) in [6.07, 6.45) is 7.98. The molecule has 0 spiro atoms. The fraction of sp³-hybridized carbons (Fsp3) is 0.676. The number of nitrogens with one attached hydrogen (secondary N) is 1. The first-order chi connectivity index (χ1) is 19.5. The number of aryl methyl sites for hydroxylation is 1. The van der Waals surface area contributed by atoms with Crippen LogP contribution in [0.5, 0.6) is 5.75 Å². The summed E-state index contributed by atoms with van der Waals surface area (Å²) in [5.74, 6) is 3.55. The minimum absolute atomic E-state index is 0.210. The van der Waals surface area contributed by atoms with Gasteiger partial charge >= 0.3 is 5.97 Å². The van der Waals surface area contributed by atoms with Gasteiger partial charge in [0.25, 0.3) is 0 Å². The maximum absolute atomic E-state index is 11.0. The number of nitrogens with zero attached hydrogens (tertiary/aromatic N) is 1. The number of carboxylic acid groups (broad SMARTS) is 1. The molecule has 0 saturated heterocycles. The first-order valence-corrected chi connectivity index (χ1v) is 15.3. The first kappa shape index (κ1) is 36.2. The monoisotopic (exact) mass is 572 g/mol. The van der Waals surface area contributed by atoms with E-state index in [9.17, 15) is 4.79 Å². The Bertz CT molecular complexity index is 1060. The lowest BCUT2D eigenvalue weighted by atomic mass is 9.67. The van der Waals surface area contributed by atoms with Gasteiger partial charge in [-0.25, -0.2) is 0 Å². The van der Waals surface area contributed by atoms with E-state index in [1.54, 1.807) is 7.11 Å². The van der Waals surface area contributed by atoms with Gasteiger partial charge in [-0.15, -0.1) is 0 Å². The second kappa shape index (κ2) is 17.2. The highest BCUT2D eigenvalue weighted by molar-refractivity contribution is 5.66. The number of methoxy groups -OCH3 is 1. The molecule has 2 fully saturated rings. The molecule has 0 bridgehead atoms. The summed E-state index contributed by atoms with van der Waals surface area (Å²) in [7, 11) is 3.62. The smallest absolute Gasteiger partial charge is 0.303 e. The van der Waals surface area contributed by atoms with Crippen LogP contribution in [0.15, 0.2) is 16.7 Å². The minimum atomic E-state index is -0.723. The van der Waals surface area contributed by atoms with E-state index in [1.165, 1.54) is 48.8 Å². The Morgan fingerprint density at radius 2 is 1.78 bits per heavy atom. The molecule has 1 aromatic carbocycles. The van der Waals surface area contributed by atoms with Crippen LogP contribution in [-0.4, -0.2) is 37.2 Å². The molecule has 4 rings (SSSR count). The molecule has 41 heavy (non-hydrogen) atoms. The Kier molecular flexibility index (Phi) is 15.2. The Morgan fingerprint density at radius 1 is 1.17 bits per heavy atom. The van der Waals surface area contributed by atoms with Gasteiger partial charge in [0.2, 0.25) is 0 Å². The molecule has 1 heterocycles. The van der Waals surface area contributed by atoms with Gasteiger partial charge < -0.3 is 24.5 Å². The van der Waals surface area contributed by atoms with Crippen molar-refractivity contribution < 1.29 is 24.0 Å². The standard InChI is InChI=1S/C21H33NO3.C10H15NO.C2H6.CH2O/c1-5-14(8-9-17(23)24)19-18(15-6-7-15)20(25-22-19)16-10-13(11-16)12-21(2,3)4;1-7-5-6-9(11-3)8(2)10(7)12-4;2*1-2/h13-16H,5-12H2,1-4H3,(H,23,24);5-6,11H,1-4H3;1-2H3;1H2. The van der Waals surface area contributed by atoms with Crippen LogP contribution in [0.3, 0.4) is 0 Å². The third-order valence-electron chi connectivity index (χ3n) is 7.94. The third-order valence-corrected chi connectivity index (χ3v) is 7.94. The number of rotatable bonds is 10. The molecule has 2 aliphatic carbocycles. The van der Waals surface area contributed by atoms with Gasteiger partial charge in [0.05, 0.1) is 12.8 Å². The topological polar surface area (TPSA) is 102 Å². The molecule has 2 aromatic rings. The highest BCUT2D eigenvalue weighted by atomic mass is 16.5. The summed E-state index contributed by atoms with van der Waals surface area (Å²) in [5, 5.41) is 16.6. The van der Waals surface area contributed by atoms with Crippen LogP contribution in [0.2, 0.25) is 0 Å². The highest BCUT2D eigenvalue weighted by Gasteiger charge is 2.41. The zero-order valence-corrected chi connectivity index (χ0v) is 27.4. The summed E-state index contributed by atoms with van der Waals surface area (Å²) in [5.41, 5.74) is 6.29. The zero-order chi connectivity index (χ0) is 31.3. The molecule has 2 N–H and O–H groups in total. The van der Waals surface area contributed by atoms with Crippen LogP contribution in [0.1, 0.15) is 139 Å². The van der Waals surface area contributed by atoms with Gasteiger partial charge in [-0.2, -0.15) is 0 Å². The summed E-state index contributed by atoms with van der Waals surface area (Å²) in [6, 6.07) is 4.12. The van der Waals surface area contributed by atoms with Crippen molar-refractivity contribution >= 4 is 18.4 Å². The predicted molar refractivity (Wildman–Crippen MR) is 168 cm³/mol. The van der Waals surface area contributed by atoms with Crippen molar-refractivity contribution in [3.63, 3.8) is 0 Å². The lowest BCUT2D eigenvalue weighted by molar-refractivity contribution is -0.137. The van der Waals surface area contributed by atoms with Crippen LogP contribution in [-0.2, 0) is 9.59 Å². The highest BCUT2D eigenvalue weighted by Crippen LogP contribution is 2.53. The van der Waals surface area contributed by atoms with E-state index < -0.39 is 5.97 Å². The predicted octanol–water partition coefficient (Wildman–Crippen LogP) is 9.04. The lowest BCUT2D eigenvalue weighted by Crippen LogP contribution is -2.26. The van der Waals surface area contributed by atoms with Gasteiger partial charge in [0.15, 0.2) is 0 Å². The van der Waals surface area contributed by atoms with E-state index in [4.69, 9.17) is 19.2 Å². The fourth-order valence-electron chi connectivity index (χ4n) is 5.92. The summed E-state index contributed by atoms with van der Waals surface area (Å²) >= 11 is 0. The van der Waals surface area contributed by atoms with E-state index in [1.807, 2.05) is 34.6 Å². The molecule has 1 aromatic heterocycles. The summed E-state index contributed by atoms with van der Waals surface area (Å²) in [4.78, 5) is 19.0. The second-order valence-corrected chi connectivity index (χ2v) is 12.3. The number of aromatic nitrogens is 1. The van der Waals surface area contributed by atoms with E-state index in [0.29, 0.717) is 23.7 Å². The third kappa shape index (κ3) is 10.5. The van der Waals surface area contributed by atoms with Crippen molar-refractivity contribution in [3.8, 4) is 5.75 Å². The largest absolute Gasteiger partial charge is 0.496 e. The molecule has 0 radical (unpaired) electrons. The van der Waals surface area contributed by atoms with Crippen LogP contribution in [0.4, 0.5) is 5.69 Å². The van der Waals surface area contributed by atoms with Gasteiger partial charge in [0.1, 0.15) is 18.3 Å². The maximum Gasteiger partial charge on any atom is 0.303 e. The molecule has 1 atom stereocenters. The average molecular weight is 573 g/mol. The average Bonchev–Trinajstić information content (AvgIpc) is 3.68. The summed E-state index contributed by atoms with van der Waals surface area (Å²) in [6.45, 7) is 19.2. The second-order valence-electron chi connectivity index (χ2n) is 12.3. The Morgan fingerprint density at radius 3 is 2.24 bits per heavy atom. The van der Waals surface area contributed by atoms with E-state index in [2.05, 4.69) is 57.2 Å². The van der Waals surface area contributed by atoms with Crippen LogP contribution < -0.4 is 10.1 Å². The zero-order valence-electron chi connectivity index (χ0n) is 27.4. The first-order valence-electron chi connectivity index (χ1n) is 15.3.